The second kappa shape index (κ2) is 11.6. The molecule has 4 heteroatoms. The predicted molar refractivity (Wildman–Crippen MR) is 125 cm³/mol. The first-order valence-electron chi connectivity index (χ1n) is 10.6. The van der Waals surface area contributed by atoms with Gasteiger partial charge in [-0.2, -0.15) is 5.26 Å². The summed E-state index contributed by atoms with van der Waals surface area (Å²) in [6.07, 6.45) is 3.85. The van der Waals surface area contributed by atoms with Crippen LogP contribution < -0.4 is 0 Å². The number of hydrogen-bond acceptors (Lipinski definition) is 2. The van der Waals surface area contributed by atoms with Gasteiger partial charge in [-0.05, 0) is 62.4 Å². The second-order valence-electron chi connectivity index (χ2n) is 8.02. The second-order valence-corrected chi connectivity index (χ2v) is 8.83. The lowest BCUT2D eigenvalue weighted by atomic mass is 9.69. The number of benzene rings is 2. The van der Waals surface area contributed by atoms with Gasteiger partial charge in [0.15, 0.2) is 0 Å². The van der Waals surface area contributed by atoms with Crippen LogP contribution in [0.2, 0.25) is 10.0 Å². The first kappa shape index (κ1) is 23.7. The lowest BCUT2D eigenvalue weighted by Crippen LogP contribution is -2.34. The van der Waals surface area contributed by atoms with Gasteiger partial charge in [0, 0.05) is 22.2 Å². The van der Waals surface area contributed by atoms with Crippen molar-refractivity contribution in [2.75, 3.05) is 19.6 Å². The molecule has 0 bridgehead atoms. The van der Waals surface area contributed by atoms with Gasteiger partial charge in [0.05, 0.1) is 11.5 Å². The van der Waals surface area contributed by atoms with Crippen molar-refractivity contribution in [1.29, 1.82) is 5.26 Å². The van der Waals surface area contributed by atoms with E-state index in [0.717, 1.165) is 50.9 Å². The summed E-state index contributed by atoms with van der Waals surface area (Å²) in [5.41, 5.74) is 1.48. The number of rotatable bonds is 11. The van der Waals surface area contributed by atoms with Crippen LogP contribution in [0.5, 0.6) is 0 Å². The van der Waals surface area contributed by atoms with Gasteiger partial charge in [0.1, 0.15) is 0 Å². The molecule has 0 radical (unpaired) electrons. The smallest absolute Gasteiger partial charge is 0.0874 e. The van der Waals surface area contributed by atoms with Gasteiger partial charge in [0.2, 0.25) is 0 Å². The maximum Gasteiger partial charge on any atom is 0.0874 e. The van der Waals surface area contributed by atoms with E-state index in [1.165, 1.54) is 5.56 Å². The molecule has 1 atom stereocenters. The monoisotopic (exact) mass is 430 g/mol. The fourth-order valence-corrected chi connectivity index (χ4v) is 4.77. The van der Waals surface area contributed by atoms with Crippen LogP contribution in [0, 0.1) is 17.2 Å². The fraction of sp³-hybridized carbons (Fsp3) is 0.480. The standard InChI is InChI=1S/C25H32Cl2N2/c1-4-16-29(18-14-21-10-6-5-7-11-21)17-9-15-25(19-28,20(2)3)24-22(26)12-8-13-23(24)27/h5-8,10-13,20H,4,9,14-18H2,1-3H3. The van der Waals surface area contributed by atoms with Crippen molar-refractivity contribution in [3.8, 4) is 6.07 Å². The molecular weight excluding hydrogens is 399 g/mol. The van der Waals surface area contributed by atoms with Gasteiger partial charge in [-0.15, -0.1) is 0 Å². The number of halogens is 2. The quantitative estimate of drug-likeness (QED) is 0.378. The van der Waals surface area contributed by atoms with E-state index in [2.05, 4.69) is 62.1 Å². The van der Waals surface area contributed by atoms with Crippen LogP contribution in [0.1, 0.15) is 51.2 Å². The molecule has 0 saturated carbocycles. The SMILES string of the molecule is CCCN(CCCC(C#N)(c1c(Cl)cccc1Cl)C(C)C)CCc1ccccc1. The molecule has 2 rings (SSSR count). The Labute approximate surface area is 186 Å². The molecular formula is C25H32Cl2N2. The molecule has 0 fully saturated rings. The molecule has 0 N–H and O–H groups in total. The van der Waals surface area contributed by atoms with Crippen LogP contribution in [0.4, 0.5) is 0 Å². The van der Waals surface area contributed by atoms with Gasteiger partial charge in [-0.3, -0.25) is 0 Å². The number of hydrogen-bond donors (Lipinski definition) is 0. The molecule has 0 aromatic heterocycles. The third-order valence-electron chi connectivity index (χ3n) is 5.74. The highest BCUT2D eigenvalue weighted by atomic mass is 35.5. The Morgan fingerprint density at radius 2 is 1.62 bits per heavy atom. The van der Waals surface area contributed by atoms with Crippen molar-refractivity contribution in [2.24, 2.45) is 5.92 Å². The third-order valence-corrected chi connectivity index (χ3v) is 6.37. The topological polar surface area (TPSA) is 27.0 Å². The van der Waals surface area contributed by atoms with E-state index < -0.39 is 5.41 Å². The van der Waals surface area contributed by atoms with Crippen molar-refractivity contribution < 1.29 is 0 Å². The lowest BCUT2D eigenvalue weighted by molar-refractivity contribution is 0.254. The highest BCUT2D eigenvalue weighted by Gasteiger charge is 2.39. The molecule has 1 unspecified atom stereocenters. The Hall–Kier alpha value is -1.53. The van der Waals surface area contributed by atoms with Crippen LogP contribution in [0.25, 0.3) is 0 Å². The average molecular weight is 431 g/mol. The molecule has 0 saturated heterocycles. The lowest BCUT2D eigenvalue weighted by Gasteiger charge is -2.34. The van der Waals surface area contributed by atoms with Crippen LogP contribution in [-0.2, 0) is 11.8 Å². The molecule has 0 amide bonds. The maximum atomic E-state index is 10.2. The molecule has 29 heavy (non-hydrogen) atoms. The van der Waals surface area contributed by atoms with E-state index in [4.69, 9.17) is 23.2 Å². The van der Waals surface area contributed by atoms with Gasteiger partial charge >= 0.3 is 0 Å². The van der Waals surface area contributed by atoms with Crippen molar-refractivity contribution >= 4 is 23.2 Å². The number of nitriles is 1. The third kappa shape index (κ3) is 6.22. The van der Waals surface area contributed by atoms with Crippen LogP contribution in [0.15, 0.2) is 48.5 Å². The largest absolute Gasteiger partial charge is 0.303 e. The van der Waals surface area contributed by atoms with E-state index in [-0.39, 0.29) is 5.92 Å². The van der Waals surface area contributed by atoms with E-state index in [1.54, 1.807) is 0 Å². The molecule has 0 spiro atoms. The summed E-state index contributed by atoms with van der Waals surface area (Å²) in [6, 6.07) is 18.7. The van der Waals surface area contributed by atoms with Gasteiger partial charge in [-0.1, -0.05) is 80.4 Å². The van der Waals surface area contributed by atoms with Crippen molar-refractivity contribution in [3.05, 3.63) is 69.7 Å². The minimum Gasteiger partial charge on any atom is -0.303 e. The molecule has 2 aromatic carbocycles. The Morgan fingerprint density at radius 1 is 0.966 bits per heavy atom. The molecule has 0 aliphatic carbocycles. The summed E-state index contributed by atoms with van der Waals surface area (Å²) < 4.78 is 0. The summed E-state index contributed by atoms with van der Waals surface area (Å²) in [7, 11) is 0. The Kier molecular flexibility index (Phi) is 9.50. The molecule has 0 aliphatic rings. The van der Waals surface area contributed by atoms with Crippen molar-refractivity contribution in [3.63, 3.8) is 0 Å². The zero-order valence-electron chi connectivity index (χ0n) is 17.8. The van der Waals surface area contributed by atoms with Crippen LogP contribution in [0.3, 0.4) is 0 Å². The fourth-order valence-electron chi connectivity index (χ4n) is 4.03. The van der Waals surface area contributed by atoms with Crippen LogP contribution >= 0.6 is 23.2 Å². The Morgan fingerprint density at radius 3 is 2.17 bits per heavy atom. The number of nitrogens with zero attached hydrogens (tertiary/aromatic N) is 2. The van der Waals surface area contributed by atoms with Gasteiger partial charge in [0.25, 0.3) is 0 Å². The summed E-state index contributed by atoms with van der Waals surface area (Å²) >= 11 is 13.0. The minimum absolute atomic E-state index is 0.119. The van der Waals surface area contributed by atoms with E-state index >= 15 is 0 Å². The molecule has 2 aromatic rings. The zero-order chi connectivity index (χ0) is 21.3. The van der Waals surface area contributed by atoms with E-state index in [1.807, 2.05) is 18.2 Å². The van der Waals surface area contributed by atoms with Crippen molar-refractivity contribution in [1.82, 2.24) is 4.90 Å². The minimum atomic E-state index is -0.674. The highest BCUT2D eigenvalue weighted by Crippen LogP contribution is 2.43. The molecule has 0 aliphatic heterocycles. The Balaban J connectivity index is 2.09. The highest BCUT2D eigenvalue weighted by molar-refractivity contribution is 6.36. The molecule has 0 heterocycles. The normalized spacial score (nSPS) is 13.4. The average Bonchev–Trinajstić information content (AvgIpc) is 2.71. The van der Waals surface area contributed by atoms with Crippen molar-refractivity contribution in [2.45, 2.75) is 51.9 Å². The van der Waals surface area contributed by atoms with E-state index in [0.29, 0.717) is 10.0 Å². The molecule has 156 valence electrons. The van der Waals surface area contributed by atoms with Gasteiger partial charge in [-0.25, -0.2) is 0 Å². The van der Waals surface area contributed by atoms with E-state index in [9.17, 15) is 5.26 Å². The summed E-state index contributed by atoms with van der Waals surface area (Å²) in [5.74, 6) is 0.119. The zero-order valence-corrected chi connectivity index (χ0v) is 19.3. The summed E-state index contributed by atoms with van der Waals surface area (Å²) in [4.78, 5) is 2.50. The Bertz CT molecular complexity index is 778. The first-order valence-corrected chi connectivity index (χ1v) is 11.3. The molecule has 2 nitrogen and oxygen atoms in total. The summed E-state index contributed by atoms with van der Waals surface area (Å²) in [5, 5.41) is 11.4. The van der Waals surface area contributed by atoms with Crippen LogP contribution in [-0.4, -0.2) is 24.5 Å². The first-order chi connectivity index (χ1) is 13.9. The summed E-state index contributed by atoms with van der Waals surface area (Å²) in [6.45, 7) is 9.46. The predicted octanol–water partition coefficient (Wildman–Crippen LogP) is 7.15. The van der Waals surface area contributed by atoms with Gasteiger partial charge < -0.3 is 4.90 Å². The maximum absolute atomic E-state index is 10.2.